The van der Waals surface area contributed by atoms with Crippen molar-refractivity contribution in [3.63, 3.8) is 0 Å². The molecule has 1 aliphatic carbocycles. The molecule has 0 N–H and O–H groups in total. The van der Waals surface area contributed by atoms with Gasteiger partial charge in [0.25, 0.3) is 0 Å². The van der Waals surface area contributed by atoms with E-state index >= 15 is 0 Å². The topological polar surface area (TPSA) is 26.3 Å². The van der Waals surface area contributed by atoms with Crippen LogP contribution in [0.15, 0.2) is 60.7 Å². The lowest BCUT2D eigenvalue weighted by atomic mass is 9.89. The van der Waals surface area contributed by atoms with Crippen LogP contribution in [0.5, 0.6) is 0 Å². The van der Waals surface area contributed by atoms with Crippen LogP contribution in [0.25, 0.3) is 0 Å². The van der Waals surface area contributed by atoms with Crippen LogP contribution >= 0.6 is 7.92 Å². The van der Waals surface area contributed by atoms with Crippen LogP contribution in [0.3, 0.4) is 0 Å². The van der Waals surface area contributed by atoms with Gasteiger partial charge in [-0.3, -0.25) is 4.79 Å². The normalized spacial score (nSPS) is 20.8. The minimum atomic E-state index is -0.430. The van der Waals surface area contributed by atoms with Gasteiger partial charge >= 0.3 is 5.97 Å². The minimum absolute atomic E-state index is 0.164. The summed E-state index contributed by atoms with van der Waals surface area (Å²) in [5, 5.41) is 2.86. The smallest absolute Gasteiger partial charge is 0.302 e. The molecular formula is C21H25O2P. The molecule has 2 aromatic rings. The molecule has 0 spiro atoms. The van der Waals surface area contributed by atoms with Gasteiger partial charge in [0.05, 0.1) is 6.61 Å². The summed E-state index contributed by atoms with van der Waals surface area (Å²) in [6.45, 7) is 2.08. The number of ether oxygens (including phenoxy) is 1. The summed E-state index contributed by atoms with van der Waals surface area (Å²) in [7, 11) is -0.430. The van der Waals surface area contributed by atoms with Gasteiger partial charge in [-0.05, 0) is 37.0 Å². The van der Waals surface area contributed by atoms with Gasteiger partial charge in [-0.2, -0.15) is 0 Å². The van der Waals surface area contributed by atoms with Gasteiger partial charge in [-0.25, -0.2) is 0 Å². The van der Waals surface area contributed by atoms with Crippen molar-refractivity contribution in [3.05, 3.63) is 60.7 Å². The van der Waals surface area contributed by atoms with Crippen molar-refractivity contribution < 1.29 is 9.53 Å². The van der Waals surface area contributed by atoms with E-state index in [4.69, 9.17) is 4.74 Å². The SMILES string of the molecule is CC(=O)OCC1CCCCC1P(c1ccccc1)c1ccccc1. The van der Waals surface area contributed by atoms with Crippen LogP contribution in [0.2, 0.25) is 0 Å². The molecule has 2 atom stereocenters. The Hall–Kier alpha value is -1.66. The zero-order chi connectivity index (χ0) is 16.8. The fourth-order valence-electron chi connectivity index (χ4n) is 3.66. The van der Waals surface area contributed by atoms with E-state index in [0.29, 0.717) is 18.2 Å². The molecule has 2 nitrogen and oxygen atoms in total. The van der Waals surface area contributed by atoms with E-state index in [1.807, 2.05) is 0 Å². The molecule has 1 saturated carbocycles. The summed E-state index contributed by atoms with van der Waals surface area (Å²) >= 11 is 0. The lowest BCUT2D eigenvalue weighted by Gasteiger charge is -2.37. The average Bonchev–Trinajstić information content (AvgIpc) is 2.63. The summed E-state index contributed by atoms with van der Waals surface area (Å²) in [6.07, 6.45) is 4.91. The number of hydrogen-bond donors (Lipinski definition) is 0. The molecule has 2 unspecified atom stereocenters. The zero-order valence-electron chi connectivity index (χ0n) is 14.2. The Morgan fingerprint density at radius 3 is 2.04 bits per heavy atom. The quantitative estimate of drug-likeness (QED) is 0.601. The second-order valence-electron chi connectivity index (χ2n) is 6.46. The zero-order valence-corrected chi connectivity index (χ0v) is 15.1. The van der Waals surface area contributed by atoms with Crippen LogP contribution in [0, 0.1) is 5.92 Å². The van der Waals surface area contributed by atoms with Crippen molar-refractivity contribution in [3.8, 4) is 0 Å². The van der Waals surface area contributed by atoms with Crippen molar-refractivity contribution in [1.82, 2.24) is 0 Å². The van der Waals surface area contributed by atoms with E-state index in [-0.39, 0.29) is 5.97 Å². The first-order chi connectivity index (χ1) is 11.8. The van der Waals surface area contributed by atoms with Crippen LogP contribution in [-0.2, 0) is 9.53 Å². The first kappa shape index (κ1) is 17.2. The fourth-order valence-corrected chi connectivity index (χ4v) is 6.80. The number of hydrogen-bond acceptors (Lipinski definition) is 2. The van der Waals surface area contributed by atoms with Crippen LogP contribution in [0.4, 0.5) is 0 Å². The van der Waals surface area contributed by atoms with Gasteiger partial charge in [-0.1, -0.05) is 73.5 Å². The lowest BCUT2D eigenvalue weighted by molar-refractivity contribution is -0.142. The van der Waals surface area contributed by atoms with Gasteiger partial charge in [0, 0.05) is 12.8 Å². The molecule has 0 saturated heterocycles. The Kier molecular flexibility index (Phi) is 6.04. The number of carbonyl (C=O) groups is 1. The maximum Gasteiger partial charge on any atom is 0.302 e. The second-order valence-corrected chi connectivity index (χ2v) is 8.89. The van der Waals surface area contributed by atoms with E-state index in [9.17, 15) is 4.79 Å². The highest BCUT2D eigenvalue weighted by atomic mass is 31.1. The average molecular weight is 340 g/mol. The number of benzene rings is 2. The molecule has 0 aliphatic heterocycles. The summed E-state index contributed by atoms with van der Waals surface area (Å²) < 4.78 is 5.40. The third-order valence-corrected chi connectivity index (χ3v) is 7.82. The lowest BCUT2D eigenvalue weighted by Crippen LogP contribution is -2.33. The molecular weight excluding hydrogens is 315 g/mol. The molecule has 3 rings (SSSR count). The highest BCUT2D eigenvalue weighted by molar-refractivity contribution is 7.73. The largest absolute Gasteiger partial charge is 0.466 e. The van der Waals surface area contributed by atoms with E-state index in [2.05, 4.69) is 60.7 Å². The highest BCUT2D eigenvalue weighted by Gasteiger charge is 2.34. The Labute approximate surface area is 146 Å². The van der Waals surface area contributed by atoms with Gasteiger partial charge in [0.2, 0.25) is 0 Å². The summed E-state index contributed by atoms with van der Waals surface area (Å²) in [6, 6.07) is 21.8. The predicted octanol–water partition coefficient (Wildman–Crippen LogP) is 4.24. The first-order valence-corrected chi connectivity index (χ1v) is 10.2. The Morgan fingerprint density at radius 1 is 0.958 bits per heavy atom. The summed E-state index contributed by atoms with van der Waals surface area (Å²) in [5.41, 5.74) is 0.581. The Balaban J connectivity index is 1.92. The minimum Gasteiger partial charge on any atom is -0.466 e. The maximum absolute atomic E-state index is 11.3. The fraction of sp³-hybridized carbons (Fsp3) is 0.381. The molecule has 1 aliphatic rings. The molecule has 1 fully saturated rings. The second kappa shape index (κ2) is 8.44. The standard InChI is InChI=1S/C21H25O2P/c1-17(22)23-16-18-10-8-9-15-21(18)24(19-11-4-2-5-12-19)20-13-6-3-7-14-20/h2-7,11-14,18,21H,8-10,15-16H2,1H3. The van der Waals surface area contributed by atoms with Crippen molar-refractivity contribution in [2.24, 2.45) is 5.92 Å². The molecule has 126 valence electrons. The third kappa shape index (κ3) is 4.24. The predicted molar refractivity (Wildman–Crippen MR) is 101 cm³/mol. The molecule has 2 aromatic carbocycles. The van der Waals surface area contributed by atoms with Gasteiger partial charge in [-0.15, -0.1) is 0 Å². The van der Waals surface area contributed by atoms with Crippen LogP contribution in [-0.4, -0.2) is 18.2 Å². The molecule has 3 heteroatoms. The van der Waals surface area contributed by atoms with Crippen molar-refractivity contribution >= 4 is 24.5 Å². The Morgan fingerprint density at radius 2 is 1.50 bits per heavy atom. The molecule has 0 bridgehead atoms. The monoisotopic (exact) mass is 340 g/mol. The molecule has 0 radical (unpaired) electrons. The third-order valence-electron chi connectivity index (χ3n) is 4.77. The van der Waals surface area contributed by atoms with Crippen molar-refractivity contribution in [2.75, 3.05) is 6.61 Å². The molecule has 0 amide bonds. The summed E-state index contributed by atoms with van der Waals surface area (Å²) in [5.74, 6) is 0.303. The van der Waals surface area contributed by atoms with Crippen LogP contribution in [0.1, 0.15) is 32.6 Å². The van der Waals surface area contributed by atoms with E-state index in [1.165, 1.54) is 36.8 Å². The van der Waals surface area contributed by atoms with Crippen molar-refractivity contribution in [1.29, 1.82) is 0 Å². The number of esters is 1. The van der Waals surface area contributed by atoms with E-state index in [0.717, 1.165) is 6.42 Å². The number of rotatable bonds is 5. The van der Waals surface area contributed by atoms with Crippen molar-refractivity contribution in [2.45, 2.75) is 38.3 Å². The van der Waals surface area contributed by atoms with Gasteiger partial charge in [0.1, 0.15) is 0 Å². The molecule has 24 heavy (non-hydrogen) atoms. The molecule has 0 aromatic heterocycles. The van der Waals surface area contributed by atoms with Crippen LogP contribution < -0.4 is 10.6 Å². The van der Waals surface area contributed by atoms with Gasteiger partial charge in [0.15, 0.2) is 0 Å². The van der Waals surface area contributed by atoms with E-state index < -0.39 is 7.92 Å². The maximum atomic E-state index is 11.3. The highest BCUT2D eigenvalue weighted by Crippen LogP contribution is 2.48. The van der Waals surface area contributed by atoms with E-state index in [1.54, 1.807) is 0 Å². The van der Waals surface area contributed by atoms with Gasteiger partial charge < -0.3 is 4.74 Å². The Bertz CT molecular complexity index is 602. The summed E-state index contributed by atoms with van der Waals surface area (Å²) in [4.78, 5) is 11.3. The number of carbonyl (C=O) groups excluding carboxylic acids is 1. The first-order valence-electron chi connectivity index (χ1n) is 8.78. The molecule has 0 heterocycles.